The Morgan fingerprint density at radius 2 is 1.92 bits per heavy atom. The highest BCUT2D eigenvalue weighted by Crippen LogP contribution is 2.09. The molecule has 3 heteroatoms. The van der Waals surface area contributed by atoms with Crippen molar-refractivity contribution in [1.29, 1.82) is 0 Å². The molecular formula is C10H19N3. The van der Waals surface area contributed by atoms with E-state index in [4.69, 9.17) is 0 Å². The Bertz CT molecular complexity index is 218. The molecule has 0 aliphatic rings. The summed E-state index contributed by atoms with van der Waals surface area (Å²) in [5, 5.41) is 0. The largest absolute Gasteiger partial charge is 0.347 e. The lowest BCUT2D eigenvalue weighted by molar-refractivity contribution is 0.164. The number of aromatic amines is 1. The Morgan fingerprint density at radius 1 is 1.31 bits per heavy atom. The third kappa shape index (κ3) is 2.84. The van der Waals surface area contributed by atoms with E-state index in [0.717, 1.165) is 6.54 Å². The fourth-order valence-electron chi connectivity index (χ4n) is 1.53. The van der Waals surface area contributed by atoms with E-state index in [1.165, 1.54) is 5.69 Å². The minimum Gasteiger partial charge on any atom is -0.347 e. The predicted octanol–water partition coefficient (Wildman–Crippen LogP) is 2.03. The molecule has 13 heavy (non-hydrogen) atoms. The number of nitrogens with zero attached hydrogens (tertiary/aromatic N) is 2. The average Bonchev–Trinajstić information content (AvgIpc) is 2.50. The molecule has 1 aromatic rings. The van der Waals surface area contributed by atoms with Gasteiger partial charge in [0.2, 0.25) is 0 Å². The van der Waals surface area contributed by atoms with Gasteiger partial charge in [-0.3, -0.25) is 4.90 Å². The molecule has 3 nitrogen and oxygen atoms in total. The van der Waals surface area contributed by atoms with Crippen molar-refractivity contribution in [2.45, 2.75) is 46.3 Å². The molecule has 1 heterocycles. The molecule has 0 aliphatic heterocycles. The van der Waals surface area contributed by atoms with Gasteiger partial charge in [-0.2, -0.15) is 0 Å². The normalized spacial score (nSPS) is 11.9. The van der Waals surface area contributed by atoms with Gasteiger partial charge in [-0.25, -0.2) is 4.98 Å². The third-order valence-electron chi connectivity index (χ3n) is 2.23. The van der Waals surface area contributed by atoms with Crippen molar-refractivity contribution in [3.63, 3.8) is 0 Å². The van der Waals surface area contributed by atoms with Crippen LogP contribution < -0.4 is 0 Å². The Kier molecular flexibility index (Phi) is 3.48. The number of hydrogen-bond donors (Lipinski definition) is 1. The Morgan fingerprint density at radius 3 is 2.31 bits per heavy atom. The van der Waals surface area contributed by atoms with Gasteiger partial charge < -0.3 is 4.98 Å². The highest BCUT2D eigenvalue weighted by molar-refractivity contribution is 4.94. The van der Waals surface area contributed by atoms with Gasteiger partial charge in [0.05, 0.1) is 6.33 Å². The molecule has 0 atom stereocenters. The van der Waals surface area contributed by atoms with Gasteiger partial charge in [-0.05, 0) is 27.7 Å². The summed E-state index contributed by atoms with van der Waals surface area (Å²) >= 11 is 0. The quantitative estimate of drug-likeness (QED) is 0.770. The first-order valence-corrected chi connectivity index (χ1v) is 4.84. The molecule has 0 radical (unpaired) electrons. The standard InChI is InChI=1S/C10H19N3/c1-8(2)13(9(3)4)6-10-5-11-7-12-10/h5,7-9H,6H2,1-4H3,(H,11,12). The van der Waals surface area contributed by atoms with Crippen LogP contribution in [0.1, 0.15) is 33.4 Å². The summed E-state index contributed by atoms with van der Waals surface area (Å²) in [5.74, 6) is 0. The maximum atomic E-state index is 4.01. The zero-order valence-electron chi connectivity index (χ0n) is 8.91. The summed E-state index contributed by atoms with van der Waals surface area (Å²) in [5.41, 5.74) is 1.18. The summed E-state index contributed by atoms with van der Waals surface area (Å²) in [6, 6.07) is 1.14. The fraction of sp³-hybridized carbons (Fsp3) is 0.700. The van der Waals surface area contributed by atoms with Gasteiger partial charge >= 0.3 is 0 Å². The van der Waals surface area contributed by atoms with Gasteiger partial charge in [0, 0.05) is 30.5 Å². The van der Waals surface area contributed by atoms with Crippen LogP contribution in [0.5, 0.6) is 0 Å². The maximum absolute atomic E-state index is 4.01. The monoisotopic (exact) mass is 181 g/mol. The molecule has 74 valence electrons. The smallest absolute Gasteiger partial charge is 0.0922 e. The van der Waals surface area contributed by atoms with E-state index in [1.807, 2.05) is 6.20 Å². The van der Waals surface area contributed by atoms with Crippen LogP contribution in [0.3, 0.4) is 0 Å². The van der Waals surface area contributed by atoms with Crippen LogP contribution in [0.15, 0.2) is 12.5 Å². The number of aromatic nitrogens is 2. The van der Waals surface area contributed by atoms with Gasteiger partial charge in [0.1, 0.15) is 0 Å². The maximum Gasteiger partial charge on any atom is 0.0922 e. The van der Waals surface area contributed by atoms with Crippen molar-refractivity contribution in [2.75, 3.05) is 0 Å². The number of H-pyrrole nitrogens is 1. The molecule has 1 N–H and O–H groups in total. The SMILES string of the molecule is CC(C)N(Cc1cnc[nH]1)C(C)C. The first-order valence-electron chi connectivity index (χ1n) is 4.84. The Labute approximate surface area is 80.2 Å². The Balaban J connectivity index is 2.58. The van der Waals surface area contributed by atoms with Crippen LogP contribution in [0.4, 0.5) is 0 Å². The zero-order chi connectivity index (χ0) is 9.84. The van der Waals surface area contributed by atoms with E-state index in [1.54, 1.807) is 6.33 Å². The number of rotatable bonds is 4. The van der Waals surface area contributed by atoms with Gasteiger partial charge in [0.15, 0.2) is 0 Å². The second-order valence-electron chi connectivity index (χ2n) is 3.94. The van der Waals surface area contributed by atoms with Gasteiger partial charge in [-0.15, -0.1) is 0 Å². The second kappa shape index (κ2) is 4.42. The summed E-state index contributed by atoms with van der Waals surface area (Å²) in [7, 11) is 0. The minimum absolute atomic E-state index is 0.572. The van der Waals surface area contributed by atoms with E-state index < -0.39 is 0 Å². The molecule has 0 amide bonds. The predicted molar refractivity (Wildman–Crippen MR) is 54.4 cm³/mol. The van der Waals surface area contributed by atoms with E-state index in [-0.39, 0.29) is 0 Å². The molecule has 1 rings (SSSR count). The van der Waals surface area contributed by atoms with E-state index in [2.05, 4.69) is 42.6 Å². The summed E-state index contributed by atoms with van der Waals surface area (Å²) in [4.78, 5) is 9.56. The minimum atomic E-state index is 0.572. The summed E-state index contributed by atoms with van der Waals surface area (Å²) < 4.78 is 0. The number of hydrogen-bond acceptors (Lipinski definition) is 2. The number of nitrogens with one attached hydrogen (secondary N) is 1. The third-order valence-corrected chi connectivity index (χ3v) is 2.23. The molecular weight excluding hydrogens is 162 g/mol. The van der Waals surface area contributed by atoms with Crippen molar-refractivity contribution in [1.82, 2.24) is 14.9 Å². The topological polar surface area (TPSA) is 31.9 Å². The molecule has 0 spiro atoms. The molecule has 0 unspecified atom stereocenters. The lowest BCUT2D eigenvalue weighted by Crippen LogP contribution is -2.36. The van der Waals surface area contributed by atoms with Crippen molar-refractivity contribution in [3.05, 3.63) is 18.2 Å². The summed E-state index contributed by atoms with van der Waals surface area (Å²) in [6.07, 6.45) is 3.62. The zero-order valence-corrected chi connectivity index (χ0v) is 8.91. The number of imidazole rings is 1. The van der Waals surface area contributed by atoms with Crippen LogP contribution in [0, 0.1) is 0 Å². The van der Waals surface area contributed by atoms with Crippen LogP contribution in [0.25, 0.3) is 0 Å². The molecule has 0 saturated carbocycles. The Hall–Kier alpha value is -0.830. The lowest BCUT2D eigenvalue weighted by atomic mass is 10.2. The van der Waals surface area contributed by atoms with E-state index in [9.17, 15) is 0 Å². The fourth-order valence-corrected chi connectivity index (χ4v) is 1.53. The lowest BCUT2D eigenvalue weighted by Gasteiger charge is -2.29. The molecule has 0 fully saturated rings. The van der Waals surface area contributed by atoms with Crippen LogP contribution in [-0.4, -0.2) is 27.0 Å². The molecule has 0 bridgehead atoms. The van der Waals surface area contributed by atoms with Crippen LogP contribution >= 0.6 is 0 Å². The van der Waals surface area contributed by atoms with Crippen molar-refractivity contribution in [3.8, 4) is 0 Å². The average molecular weight is 181 g/mol. The van der Waals surface area contributed by atoms with Crippen LogP contribution in [-0.2, 0) is 6.54 Å². The molecule has 0 aromatic carbocycles. The molecule has 0 aliphatic carbocycles. The van der Waals surface area contributed by atoms with E-state index >= 15 is 0 Å². The molecule has 1 aromatic heterocycles. The highest BCUT2D eigenvalue weighted by atomic mass is 15.2. The first-order chi connectivity index (χ1) is 6.11. The van der Waals surface area contributed by atoms with Crippen LogP contribution in [0.2, 0.25) is 0 Å². The molecule has 0 saturated heterocycles. The van der Waals surface area contributed by atoms with Gasteiger partial charge in [-0.1, -0.05) is 0 Å². The summed E-state index contributed by atoms with van der Waals surface area (Å²) in [6.45, 7) is 9.83. The first kappa shape index (κ1) is 10.3. The second-order valence-corrected chi connectivity index (χ2v) is 3.94. The van der Waals surface area contributed by atoms with Crippen molar-refractivity contribution >= 4 is 0 Å². The van der Waals surface area contributed by atoms with Crippen molar-refractivity contribution in [2.24, 2.45) is 0 Å². The van der Waals surface area contributed by atoms with Crippen molar-refractivity contribution < 1.29 is 0 Å². The highest BCUT2D eigenvalue weighted by Gasteiger charge is 2.13. The van der Waals surface area contributed by atoms with E-state index in [0.29, 0.717) is 12.1 Å². The van der Waals surface area contributed by atoms with Gasteiger partial charge in [0.25, 0.3) is 0 Å².